The maximum absolute atomic E-state index is 6.06. The van der Waals surface area contributed by atoms with Crippen LogP contribution in [-0.2, 0) is 0 Å². The number of nitrogens with one attached hydrogen (secondary N) is 1. The molecule has 3 heteroatoms. The average molecular weight is 267 g/mol. The molecule has 1 aliphatic rings. The zero-order valence-electron chi connectivity index (χ0n) is 11.5. The molecule has 0 saturated carbocycles. The lowest BCUT2D eigenvalue weighted by atomic mass is 9.88. The normalized spacial score (nSPS) is 25.6. The second-order valence-electron chi connectivity index (χ2n) is 5.88. The maximum Gasteiger partial charge on any atom is 0.0409 e. The molecule has 1 saturated heterocycles. The van der Waals surface area contributed by atoms with Crippen molar-refractivity contribution in [1.82, 2.24) is 10.2 Å². The summed E-state index contributed by atoms with van der Waals surface area (Å²) in [5, 5.41) is 4.28. The van der Waals surface area contributed by atoms with Crippen LogP contribution in [0.2, 0.25) is 5.02 Å². The molecule has 0 radical (unpaired) electrons. The van der Waals surface area contributed by atoms with Gasteiger partial charge in [0.1, 0.15) is 0 Å². The molecule has 1 aromatic rings. The van der Waals surface area contributed by atoms with Gasteiger partial charge < -0.3 is 5.32 Å². The summed E-state index contributed by atoms with van der Waals surface area (Å²) in [4.78, 5) is 2.43. The van der Waals surface area contributed by atoms with E-state index in [1.165, 1.54) is 12.0 Å². The van der Waals surface area contributed by atoms with Crippen LogP contribution in [0, 0.1) is 5.41 Å². The van der Waals surface area contributed by atoms with Gasteiger partial charge in [0, 0.05) is 24.2 Å². The van der Waals surface area contributed by atoms with E-state index < -0.39 is 0 Å². The number of halogens is 1. The Balaban J connectivity index is 2.02. The summed E-state index contributed by atoms with van der Waals surface area (Å²) < 4.78 is 0. The maximum atomic E-state index is 6.06. The van der Waals surface area contributed by atoms with Gasteiger partial charge >= 0.3 is 0 Å². The van der Waals surface area contributed by atoms with Crippen molar-refractivity contribution in [2.75, 3.05) is 26.7 Å². The zero-order chi connectivity index (χ0) is 13.2. The molecule has 2 atom stereocenters. The lowest BCUT2D eigenvalue weighted by Gasteiger charge is -2.33. The highest BCUT2D eigenvalue weighted by atomic mass is 35.5. The Bertz CT molecular complexity index is 399. The molecular formula is C15H23ClN2. The van der Waals surface area contributed by atoms with Crippen molar-refractivity contribution >= 4 is 11.6 Å². The van der Waals surface area contributed by atoms with Crippen LogP contribution in [0.3, 0.4) is 0 Å². The van der Waals surface area contributed by atoms with E-state index in [-0.39, 0.29) is 0 Å². The summed E-state index contributed by atoms with van der Waals surface area (Å²) in [6.07, 6.45) is 1.26. The Kier molecular flexibility index (Phi) is 4.31. The van der Waals surface area contributed by atoms with Gasteiger partial charge in [0.15, 0.2) is 0 Å². The molecule has 100 valence electrons. The number of benzene rings is 1. The topological polar surface area (TPSA) is 15.3 Å². The second-order valence-corrected chi connectivity index (χ2v) is 6.32. The van der Waals surface area contributed by atoms with Crippen molar-refractivity contribution in [3.05, 3.63) is 34.9 Å². The standard InChI is InChI=1S/C15H23ClN2/c1-12(13-5-4-6-14(16)9-13)18(3)11-15(2)7-8-17-10-15/h4-6,9,12,17H,7-8,10-11H2,1-3H3. The SMILES string of the molecule is CC(c1cccc(Cl)c1)N(C)CC1(C)CCNC1. The summed E-state index contributed by atoms with van der Waals surface area (Å²) in [6.45, 7) is 8.01. The Morgan fingerprint density at radius 3 is 2.89 bits per heavy atom. The zero-order valence-corrected chi connectivity index (χ0v) is 12.3. The lowest BCUT2D eigenvalue weighted by molar-refractivity contribution is 0.169. The van der Waals surface area contributed by atoms with Crippen LogP contribution in [0.4, 0.5) is 0 Å². The summed E-state index contributed by atoms with van der Waals surface area (Å²) >= 11 is 6.06. The molecule has 1 fully saturated rings. The Hall–Kier alpha value is -0.570. The van der Waals surface area contributed by atoms with Gasteiger partial charge in [-0.15, -0.1) is 0 Å². The van der Waals surface area contributed by atoms with Gasteiger partial charge in [-0.25, -0.2) is 0 Å². The third kappa shape index (κ3) is 3.25. The fourth-order valence-corrected chi connectivity index (χ4v) is 2.96. The minimum absolute atomic E-state index is 0.404. The van der Waals surface area contributed by atoms with E-state index in [0.717, 1.165) is 24.7 Å². The third-order valence-corrected chi connectivity index (χ3v) is 4.32. The first-order valence-corrected chi connectivity index (χ1v) is 7.04. The van der Waals surface area contributed by atoms with Crippen molar-refractivity contribution in [1.29, 1.82) is 0 Å². The molecule has 1 heterocycles. The molecule has 0 amide bonds. The molecule has 1 aromatic carbocycles. The van der Waals surface area contributed by atoms with E-state index in [1.54, 1.807) is 0 Å². The summed E-state index contributed by atoms with van der Waals surface area (Å²) in [7, 11) is 2.20. The van der Waals surface area contributed by atoms with Crippen LogP contribution in [0.1, 0.15) is 31.9 Å². The fourth-order valence-electron chi connectivity index (χ4n) is 2.76. The van der Waals surface area contributed by atoms with Gasteiger partial charge in [0.25, 0.3) is 0 Å². The highest BCUT2D eigenvalue weighted by molar-refractivity contribution is 6.30. The first kappa shape index (κ1) is 13.9. The minimum Gasteiger partial charge on any atom is -0.316 e. The molecule has 18 heavy (non-hydrogen) atoms. The molecular weight excluding hydrogens is 244 g/mol. The fraction of sp³-hybridized carbons (Fsp3) is 0.600. The van der Waals surface area contributed by atoms with Gasteiger partial charge in [-0.3, -0.25) is 4.90 Å². The van der Waals surface area contributed by atoms with Crippen LogP contribution in [-0.4, -0.2) is 31.6 Å². The van der Waals surface area contributed by atoms with E-state index in [9.17, 15) is 0 Å². The van der Waals surface area contributed by atoms with Gasteiger partial charge in [0.05, 0.1) is 0 Å². The van der Waals surface area contributed by atoms with Crippen molar-refractivity contribution in [3.8, 4) is 0 Å². The van der Waals surface area contributed by atoms with Gasteiger partial charge in [-0.05, 0) is 50.0 Å². The largest absolute Gasteiger partial charge is 0.316 e. The van der Waals surface area contributed by atoms with E-state index in [2.05, 4.69) is 43.2 Å². The van der Waals surface area contributed by atoms with Crippen molar-refractivity contribution in [3.63, 3.8) is 0 Å². The van der Waals surface area contributed by atoms with E-state index in [0.29, 0.717) is 11.5 Å². The van der Waals surface area contributed by atoms with Crippen LogP contribution in [0.25, 0.3) is 0 Å². The van der Waals surface area contributed by atoms with Gasteiger partial charge in [-0.2, -0.15) is 0 Å². The van der Waals surface area contributed by atoms with Gasteiger partial charge in [0.2, 0.25) is 0 Å². The molecule has 0 aliphatic carbocycles. The second kappa shape index (κ2) is 5.60. The van der Waals surface area contributed by atoms with Crippen LogP contribution >= 0.6 is 11.6 Å². The first-order valence-electron chi connectivity index (χ1n) is 6.67. The molecule has 0 aromatic heterocycles. The van der Waals surface area contributed by atoms with E-state index >= 15 is 0 Å². The number of hydrogen-bond donors (Lipinski definition) is 1. The summed E-state index contributed by atoms with van der Waals surface area (Å²) in [5.74, 6) is 0. The quantitative estimate of drug-likeness (QED) is 0.899. The monoisotopic (exact) mass is 266 g/mol. The number of rotatable bonds is 4. The highest BCUT2D eigenvalue weighted by Crippen LogP contribution is 2.29. The average Bonchev–Trinajstić information content (AvgIpc) is 2.74. The number of nitrogens with zero attached hydrogens (tertiary/aromatic N) is 1. The molecule has 2 unspecified atom stereocenters. The summed E-state index contributed by atoms with van der Waals surface area (Å²) in [6, 6.07) is 8.59. The predicted octanol–water partition coefficient (Wildman–Crippen LogP) is 3.33. The third-order valence-electron chi connectivity index (χ3n) is 4.08. The minimum atomic E-state index is 0.404. The first-order chi connectivity index (χ1) is 8.50. The van der Waals surface area contributed by atoms with Crippen LogP contribution in [0.5, 0.6) is 0 Å². The van der Waals surface area contributed by atoms with Crippen molar-refractivity contribution < 1.29 is 0 Å². The predicted molar refractivity (Wildman–Crippen MR) is 78.1 cm³/mol. The Morgan fingerprint density at radius 2 is 2.28 bits per heavy atom. The van der Waals surface area contributed by atoms with Crippen molar-refractivity contribution in [2.24, 2.45) is 5.41 Å². The molecule has 1 aliphatic heterocycles. The Labute approximate surface area is 115 Å². The smallest absolute Gasteiger partial charge is 0.0409 e. The molecule has 1 N–H and O–H groups in total. The molecule has 2 nitrogen and oxygen atoms in total. The highest BCUT2D eigenvalue weighted by Gasteiger charge is 2.30. The van der Waals surface area contributed by atoms with Crippen LogP contribution in [0.15, 0.2) is 24.3 Å². The number of hydrogen-bond acceptors (Lipinski definition) is 2. The molecule has 2 rings (SSSR count). The Morgan fingerprint density at radius 1 is 1.50 bits per heavy atom. The van der Waals surface area contributed by atoms with E-state index in [4.69, 9.17) is 11.6 Å². The van der Waals surface area contributed by atoms with E-state index in [1.807, 2.05) is 12.1 Å². The van der Waals surface area contributed by atoms with Crippen LogP contribution < -0.4 is 5.32 Å². The lowest BCUT2D eigenvalue weighted by Crippen LogP contribution is -2.36. The van der Waals surface area contributed by atoms with Gasteiger partial charge in [-0.1, -0.05) is 30.7 Å². The summed E-state index contributed by atoms with van der Waals surface area (Å²) in [5.41, 5.74) is 1.70. The molecule has 0 bridgehead atoms. The molecule has 0 spiro atoms. The van der Waals surface area contributed by atoms with Crippen molar-refractivity contribution in [2.45, 2.75) is 26.3 Å².